The van der Waals surface area contributed by atoms with Crippen LogP contribution in [0.25, 0.3) is 22.7 Å². The first-order valence-electron chi connectivity index (χ1n) is 29.8. The minimum Gasteiger partial charge on any atom is -0.355 e. The quantitative estimate of drug-likeness (QED) is 0.121. The molecule has 0 spiro atoms. The predicted molar refractivity (Wildman–Crippen MR) is 345 cm³/mol. The fourth-order valence-electron chi connectivity index (χ4n) is 12.8. The molecule has 14 rings (SSSR count). The average molecular weight is 1300 g/mol. The molecule has 4 aromatic heterocycles. The third-order valence-corrected chi connectivity index (χ3v) is 19.6. The van der Waals surface area contributed by atoms with Crippen molar-refractivity contribution in [1.29, 1.82) is 0 Å². The van der Waals surface area contributed by atoms with Gasteiger partial charge in [0.2, 0.25) is 0 Å². The Morgan fingerprint density at radius 1 is 0.500 bits per heavy atom. The van der Waals surface area contributed by atoms with Gasteiger partial charge < -0.3 is 20.4 Å². The summed E-state index contributed by atoms with van der Waals surface area (Å²) in [5.74, 6) is 0.303. The second-order valence-corrected chi connectivity index (χ2v) is 25.2. The maximum absolute atomic E-state index is 14.6. The Labute approximate surface area is 525 Å². The standard InChI is InChI=1S/2C35H32BrN5O3/c2*1-21-16-25(12-15-29(21)36)34(43)39-20-31-28(18-30(39)23-8-9-23)35(44)40(27-13-10-24(11-14-27)32(42)37-2)33-26(19-38-41(31)33)17-22-6-4-3-5-7-22/h2*3-7,10-16,19,23,30H,8-9,17-18,20H2,1-2H3,(H,37,42)/t2*30-/m10/s1. The van der Waals surface area contributed by atoms with E-state index in [-0.39, 0.29) is 46.8 Å². The Morgan fingerprint density at radius 2 is 0.864 bits per heavy atom. The van der Waals surface area contributed by atoms with Crippen LogP contribution in [0.1, 0.15) is 123 Å². The Kier molecular flexibility index (Phi) is 15.8. The first-order chi connectivity index (χ1) is 42.7. The number of carbonyl (C=O) groups excluding carboxylic acids is 4. The zero-order valence-corrected chi connectivity index (χ0v) is 52.3. The first kappa shape index (κ1) is 58.0. The van der Waals surface area contributed by atoms with Crippen LogP contribution in [0.2, 0.25) is 0 Å². The van der Waals surface area contributed by atoms with Gasteiger partial charge in [-0.1, -0.05) is 92.5 Å². The van der Waals surface area contributed by atoms with Crippen molar-refractivity contribution in [3.8, 4) is 11.4 Å². The molecule has 2 aliphatic carbocycles. The van der Waals surface area contributed by atoms with Crippen LogP contribution in [0.3, 0.4) is 0 Å². The summed E-state index contributed by atoms with van der Waals surface area (Å²) in [6.45, 7) is 4.57. The summed E-state index contributed by atoms with van der Waals surface area (Å²) in [7, 11) is 3.19. The molecule has 0 unspecified atom stereocenters. The summed E-state index contributed by atoms with van der Waals surface area (Å²) < 4.78 is 9.11. The highest BCUT2D eigenvalue weighted by Crippen LogP contribution is 2.42. The van der Waals surface area contributed by atoms with Crippen LogP contribution in [0.15, 0.2) is 177 Å². The monoisotopic (exact) mass is 1300 g/mol. The van der Waals surface area contributed by atoms with Crippen molar-refractivity contribution in [2.75, 3.05) is 14.1 Å². The van der Waals surface area contributed by atoms with E-state index in [0.717, 1.165) is 79.4 Å². The molecule has 6 aromatic carbocycles. The third kappa shape index (κ3) is 11.0. The van der Waals surface area contributed by atoms with Crippen LogP contribution in [0.5, 0.6) is 0 Å². The van der Waals surface area contributed by atoms with Gasteiger partial charge in [-0.05, 0) is 159 Å². The molecule has 444 valence electrons. The molecule has 2 fully saturated rings. The maximum atomic E-state index is 14.6. The fraction of sp³-hybridized carbons (Fsp3) is 0.257. The molecular formula is C70H64Br2N10O6. The SMILES string of the molecule is CNC(=O)c1ccc(-n2c(=O)c3c(n4ncc(Cc5ccccc5)c24)CN(C(=O)c2ccc(Br)c(C)c2)[C@@H](C2CC2)C3)cc1.CNC(=O)c1ccc(-n2c(=O)c3c(n4ncc(Cc5ccccc5)c24)CN(C(=O)c2ccc(Br)c(C)c2)[C@H](C2CC2)C3)cc1. The molecule has 16 nitrogen and oxygen atoms in total. The summed E-state index contributed by atoms with van der Waals surface area (Å²) in [4.78, 5) is 85.6. The van der Waals surface area contributed by atoms with E-state index in [1.165, 1.54) is 0 Å². The molecular weight excluding hydrogens is 1240 g/mol. The first-order valence-corrected chi connectivity index (χ1v) is 31.4. The largest absolute Gasteiger partial charge is 0.355 e. The molecule has 88 heavy (non-hydrogen) atoms. The summed E-state index contributed by atoms with van der Waals surface area (Å²) in [5, 5.41) is 15.0. The second kappa shape index (κ2) is 23.9. The Hall–Kier alpha value is -9.00. The van der Waals surface area contributed by atoms with E-state index < -0.39 is 0 Å². The number of benzene rings is 6. The highest BCUT2D eigenvalue weighted by atomic mass is 79.9. The highest BCUT2D eigenvalue weighted by Gasteiger charge is 2.45. The highest BCUT2D eigenvalue weighted by molar-refractivity contribution is 9.10. The minimum atomic E-state index is -0.188. The Balaban J connectivity index is 0.000000162. The normalized spacial score (nSPS) is 16.2. The van der Waals surface area contributed by atoms with Crippen molar-refractivity contribution in [3.05, 3.63) is 266 Å². The number of nitrogens with one attached hydrogen (secondary N) is 2. The Morgan fingerprint density at radius 3 is 1.20 bits per heavy atom. The molecule has 0 radical (unpaired) electrons. The lowest BCUT2D eigenvalue weighted by molar-refractivity contribution is 0.0597. The van der Waals surface area contributed by atoms with Gasteiger partial charge in [0, 0.05) is 105 Å². The molecule has 0 bridgehead atoms. The third-order valence-electron chi connectivity index (χ3n) is 17.8. The number of hydrogen-bond acceptors (Lipinski definition) is 8. The number of hydrogen-bond donors (Lipinski definition) is 2. The molecule has 0 saturated heterocycles. The summed E-state index contributed by atoms with van der Waals surface area (Å²) in [5.41, 5.74) is 13.7. The van der Waals surface area contributed by atoms with Crippen molar-refractivity contribution < 1.29 is 19.2 Å². The number of fused-ring (bicyclic) bond motifs is 6. The Bertz CT molecular complexity index is 4240. The molecule has 2 saturated carbocycles. The van der Waals surface area contributed by atoms with Crippen molar-refractivity contribution >= 4 is 66.8 Å². The lowest BCUT2D eigenvalue weighted by Crippen LogP contribution is -2.48. The maximum Gasteiger partial charge on any atom is 0.261 e. The average Bonchev–Trinajstić information content (AvgIpc) is 1.54. The van der Waals surface area contributed by atoms with Gasteiger partial charge >= 0.3 is 0 Å². The van der Waals surface area contributed by atoms with E-state index in [4.69, 9.17) is 10.2 Å². The number of rotatable bonds is 12. The summed E-state index contributed by atoms with van der Waals surface area (Å²) in [6, 6.07) is 45.7. The van der Waals surface area contributed by atoms with Crippen molar-refractivity contribution in [2.45, 2.75) is 90.4 Å². The zero-order chi connectivity index (χ0) is 61.1. The van der Waals surface area contributed by atoms with Crippen LogP contribution in [-0.4, -0.2) is 88.0 Å². The van der Waals surface area contributed by atoms with E-state index in [1.807, 2.05) is 142 Å². The summed E-state index contributed by atoms with van der Waals surface area (Å²) in [6.07, 6.45) is 9.96. The van der Waals surface area contributed by atoms with Crippen LogP contribution in [0, 0.1) is 25.7 Å². The predicted octanol–water partition coefficient (Wildman–Crippen LogP) is 11.0. The van der Waals surface area contributed by atoms with Gasteiger partial charge in [-0.2, -0.15) is 10.2 Å². The molecule has 4 amide bonds. The summed E-state index contributed by atoms with van der Waals surface area (Å²) >= 11 is 7.10. The molecule has 2 atom stereocenters. The topological polar surface area (TPSA) is 177 Å². The van der Waals surface area contributed by atoms with Crippen molar-refractivity contribution in [1.82, 2.24) is 48.8 Å². The smallest absolute Gasteiger partial charge is 0.261 e. The molecule has 4 aliphatic rings. The van der Waals surface area contributed by atoms with Gasteiger partial charge in [0.1, 0.15) is 11.3 Å². The van der Waals surface area contributed by atoms with Gasteiger partial charge in [-0.25, -0.2) is 9.03 Å². The van der Waals surface area contributed by atoms with Crippen LogP contribution >= 0.6 is 31.9 Å². The zero-order valence-electron chi connectivity index (χ0n) is 49.2. The molecule has 2 aliphatic heterocycles. The van der Waals surface area contributed by atoms with Crippen LogP contribution in [-0.2, 0) is 38.8 Å². The number of amides is 4. The van der Waals surface area contributed by atoms with E-state index in [2.05, 4.69) is 66.8 Å². The van der Waals surface area contributed by atoms with Gasteiger partial charge in [-0.3, -0.25) is 37.9 Å². The number of halogens is 2. The fourth-order valence-corrected chi connectivity index (χ4v) is 13.3. The molecule has 18 heteroatoms. The number of aromatic nitrogens is 6. The van der Waals surface area contributed by atoms with Crippen LogP contribution < -0.4 is 21.8 Å². The second-order valence-electron chi connectivity index (χ2n) is 23.5. The van der Waals surface area contributed by atoms with Gasteiger partial charge in [0.25, 0.3) is 34.7 Å². The lowest BCUT2D eigenvalue weighted by Gasteiger charge is -2.37. The number of nitrogens with zero attached hydrogens (tertiary/aromatic N) is 8. The van der Waals surface area contributed by atoms with Gasteiger partial charge in [0.05, 0.1) is 48.2 Å². The minimum absolute atomic E-state index is 0.0260. The lowest BCUT2D eigenvalue weighted by atomic mass is 9.93. The molecule has 6 heterocycles. The van der Waals surface area contributed by atoms with E-state index in [1.54, 1.807) is 47.5 Å². The van der Waals surface area contributed by atoms with Gasteiger partial charge in [-0.15, -0.1) is 0 Å². The van der Waals surface area contributed by atoms with Crippen molar-refractivity contribution in [3.63, 3.8) is 0 Å². The number of carbonyl (C=O) groups is 4. The van der Waals surface area contributed by atoms with E-state index >= 15 is 0 Å². The van der Waals surface area contributed by atoms with E-state index in [0.29, 0.717) is 107 Å². The number of aryl methyl sites for hydroxylation is 2. The van der Waals surface area contributed by atoms with Crippen LogP contribution in [0.4, 0.5) is 0 Å². The molecule has 2 N–H and O–H groups in total. The molecule has 10 aromatic rings. The van der Waals surface area contributed by atoms with E-state index in [9.17, 15) is 28.8 Å². The van der Waals surface area contributed by atoms with Crippen molar-refractivity contribution in [2.24, 2.45) is 11.8 Å². The van der Waals surface area contributed by atoms with Gasteiger partial charge in [0.15, 0.2) is 0 Å².